The van der Waals surface area contributed by atoms with Crippen molar-refractivity contribution in [2.45, 2.75) is 12.3 Å². The molecule has 2 aromatic carbocycles. The summed E-state index contributed by atoms with van der Waals surface area (Å²) in [4.78, 5) is 4.38. The third kappa shape index (κ3) is 2.17. The van der Waals surface area contributed by atoms with Crippen LogP contribution in [-0.2, 0) is 0 Å². The second kappa shape index (κ2) is 4.59. The first-order valence-corrected chi connectivity index (χ1v) is 6.50. The van der Waals surface area contributed by atoms with E-state index in [4.69, 9.17) is 23.1 Å². The van der Waals surface area contributed by atoms with Crippen LogP contribution in [0.3, 0.4) is 0 Å². The third-order valence-corrected chi connectivity index (χ3v) is 3.71. The van der Waals surface area contributed by atoms with Crippen LogP contribution in [0.4, 0.5) is 11.4 Å². The minimum atomic E-state index is 0.187. The molecule has 96 valence electrons. The maximum Gasteiger partial charge on any atom is 0.101 e. The van der Waals surface area contributed by atoms with Gasteiger partial charge in [-0.05, 0) is 29.3 Å². The lowest BCUT2D eigenvalue weighted by Gasteiger charge is -2.24. The monoisotopic (exact) mass is 271 g/mol. The van der Waals surface area contributed by atoms with Gasteiger partial charge < -0.3 is 11.5 Å². The van der Waals surface area contributed by atoms with E-state index in [9.17, 15) is 0 Å². The average Bonchev–Trinajstić information content (AvgIpc) is 2.40. The predicted octanol–water partition coefficient (Wildman–Crippen LogP) is 3.45. The van der Waals surface area contributed by atoms with Crippen molar-refractivity contribution in [3.05, 3.63) is 58.6 Å². The Morgan fingerprint density at radius 1 is 1.05 bits per heavy atom. The molecule has 0 spiro atoms. The van der Waals surface area contributed by atoms with Gasteiger partial charge in [0.2, 0.25) is 0 Å². The van der Waals surface area contributed by atoms with Crippen LogP contribution in [0.1, 0.15) is 23.5 Å². The number of anilines is 1. The second-order valence-corrected chi connectivity index (χ2v) is 5.11. The number of nitrogen functional groups attached to an aromatic ring is 1. The van der Waals surface area contributed by atoms with E-state index in [1.807, 2.05) is 36.4 Å². The number of hydrogen-bond donors (Lipinski definition) is 2. The van der Waals surface area contributed by atoms with Gasteiger partial charge in [0, 0.05) is 18.0 Å². The minimum Gasteiger partial charge on any atom is -0.399 e. The van der Waals surface area contributed by atoms with Crippen LogP contribution in [0.2, 0.25) is 5.02 Å². The highest BCUT2D eigenvalue weighted by molar-refractivity contribution is 6.33. The van der Waals surface area contributed by atoms with Crippen molar-refractivity contribution >= 4 is 28.8 Å². The van der Waals surface area contributed by atoms with Crippen molar-refractivity contribution in [1.82, 2.24) is 0 Å². The molecule has 2 aromatic rings. The number of benzene rings is 2. The first-order chi connectivity index (χ1) is 9.15. The number of amidine groups is 1. The molecule has 19 heavy (non-hydrogen) atoms. The zero-order chi connectivity index (χ0) is 13.4. The van der Waals surface area contributed by atoms with Gasteiger partial charge in [-0.3, -0.25) is 0 Å². The van der Waals surface area contributed by atoms with E-state index in [0.717, 1.165) is 16.9 Å². The summed E-state index contributed by atoms with van der Waals surface area (Å²) in [5, 5.41) is 0.639. The highest BCUT2D eigenvalue weighted by Crippen LogP contribution is 2.41. The number of halogens is 1. The fourth-order valence-corrected chi connectivity index (χ4v) is 2.69. The lowest BCUT2D eigenvalue weighted by atomic mass is 9.85. The Morgan fingerprint density at radius 3 is 2.53 bits per heavy atom. The third-order valence-electron chi connectivity index (χ3n) is 3.40. The number of rotatable bonds is 1. The van der Waals surface area contributed by atoms with Crippen LogP contribution < -0.4 is 11.5 Å². The molecule has 1 aliphatic rings. The van der Waals surface area contributed by atoms with E-state index in [1.54, 1.807) is 0 Å². The summed E-state index contributed by atoms with van der Waals surface area (Å²) in [6.45, 7) is 0. The van der Waals surface area contributed by atoms with Gasteiger partial charge in [0.1, 0.15) is 5.84 Å². The van der Waals surface area contributed by atoms with Gasteiger partial charge in [-0.2, -0.15) is 0 Å². The summed E-state index contributed by atoms with van der Waals surface area (Å²) in [7, 11) is 0. The van der Waals surface area contributed by atoms with Gasteiger partial charge in [0.05, 0.1) is 10.7 Å². The van der Waals surface area contributed by atoms with Crippen LogP contribution in [0.5, 0.6) is 0 Å². The van der Waals surface area contributed by atoms with E-state index in [0.29, 0.717) is 17.3 Å². The van der Waals surface area contributed by atoms with Gasteiger partial charge in [-0.25, -0.2) is 4.99 Å². The first-order valence-electron chi connectivity index (χ1n) is 6.12. The average molecular weight is 272 g/mol. The molecule has 0 amide bonds. The Bertz CT molecular complexity index is 647. The number of hydrogen-bond acceptors (Lipinski definition) is 3. The SMILES string of the molecule is NC1=Nc2c(Cl)cccc2C(c2ccc(N)cc2)C1. The normalized spacial score (nSPS) is 17.7. The predicted molar refractivity (Wildman–Crippen MR) is 80.0 cm³/mol. The van der Waals surface area contributed by atoms with Crippen molar-refractivity contribution < 1.29 is 0 Å². The molecule has 0 fully saturated rings. The molecule has 4 N–H and O–H groups in total. The van der Waals surface area contributed by atoms with E-state index < -0.39 is 0 Å². The molecule has 1 heterocycles. The van der Waals surface area contributed by atoms with Gasteiger partial charge in [0.25, 0.3) is 0 Å². The highest BCUT2D eigenvalue weighted by atomic mass is 35.5. The van der Waals surface area contributed by atoms with Crippen molar-refractivity contribution in [3.63, 3.8) is 0 Å². The number of nitrogens with zero attached hydrogens (tertiary/aromatic N) is 1. The number of para-hydroxylation sites is 1. The molecule has 3 rings (SSSR count). The Labute approximate surface area is 116 Å². The van der Waals surface area contributed by atoms with Crippen LogP contribution in [-0.4, -0.2) is 5.84 Å². The molecule has 0 aromatic heterocycles. The van der Waals surface area contributed by atoms with Crippen LogP contribution in [0.25, 0.3) is 0 Å². The molecular weight excluding hydrogens is 258 g/mol. The number of nitrogens with two attached hydrogens (primary N) is 2. The fourth-order valence-electron chi connectivity index (χ4n) is 2.47. The van der Waals surface area contributed by atoms with Crippen molar-refractivity contribution in [2.75, 3.05) is 5.73 Å². The molecule has 1 unspecified atom stereocenters. The Morgan fingerprint density at radius 2 is 1.79 bits per heavy atom. The maximum atomic E-state index is 6.20. The molecule has 1 atom stereocenters. The molecule has 0 radical (unpaired) electrons. The van der Waals surface area contributed by atoms with Gasteiger partial charge >= 0.3 is 0 Å². The summed E-state index contributed by atoms with van der Waals surface area (Å²) < 4.78 is 0. The topological polar surface area (TPSA) is 64.4 Å². The lowest BCUT2D eigenvalue weighted by Crippen LogP contribution is -2.20. The zero-order valence-electron chi connectivity index (χ0n) is 10.3. The summed E-state index contributed by atoms with van der Waals surface area (Å²) in [5.74, 6) is 0.800. The second-order valence-electron chi connectivity index (χ2n) is 4.70. The largest absolute Gasteiger partial charge is 0.399 e. The molecular formula is C15H14ClN3. The van der Waals surface area contributed by atoms with Crippen LogP contribution in [0, 0.1) is 0 Å². The number of aliphatic imine (C=N–C) groups is 1. The first kappa shape index (κ1) is 12.1. The van der Waals surface area contributed by atoms with Crippen molar-refractivity contribution in [3.8, 4) is 0 Å². The quantitative estimate of drug-likeness (QED) is 0.780. The Hall–Kier alpha value is -2.00. The zero-order valence-corrected chi connectivity index (χ0v) is 11.1. The summed E-state index contributed by atoms with van der Waals surface area (Å²) in [5.41, 5.74) is 15.5. The molecule has 4 heteroatoms. The molecule has 1 aliphatic heterocycles. The van der Waals surface area contributed by atoms with E-state index in [2.05, 4.69) is 11.1 Å². The van der Waals surface area contributed by atoms with Gasteiger partial charge in [0.15, 0.2) is 0 Å². The van der Waals surface area contributed by atoms with Crippen LogP contribution >= 0.6 is 11.6 Å². The van der Waals surface area contributed by atoms with E-state index in [1.165, 1.54) is 5.56 Å². The standard InChI is InChI=1S/C15H14ClN3/c16-13-3-1-2-11-12(8-14(18)19-15(11)13)9-4-6-10(17)7-5-9/h1-7,12H,8,17H2,(H2,18,19). The minimum absolute atomic E-state index is 0.187. The fraction of sp³-hybridized carbons (Fsp3) is 0.133. The summed E-state index contributed by atoms with van der Waals surface area (Å²) in [6, 6.07) is 13.7. The molecule has 0 bridgehead atoms. The molecule has 0 aliphatic carbocycles. The van der Waals surface area contributed by atoms with E-state index >= 15 is 0 Å². The summed E-state index contributed by atoms with van der Waals surface area (Å²) >= 11 is 6.20. The highest BCUT2D eigenvalue weighted by Gasteiger charge is 2.24. The Kier molecular flexibility index (Phi) is 2.91. The summed E-state index contributed by atoms with van der Waals surface area (Å²) in [6.07, 6.45) is 0.706. The lowest BCUT2D eigenvalue weighted by molar-refractivity contribution is 0.834. The van der Waals surface area contributed by atoms with Crippen LogP contribution in [0.15, 0.2) is 47.5 Å². The molecule has 3 nitrogen and oxygen atoms in total. The Balaban J connectivity index is 2.12. The van der Waals surface area contributed by atoms with E-state index in [-0.39, 0.29) is 5.92 Å². The van der Waals surface area contributed by atoms with Gasteiger partial charge in [-0.15, -0.1) is 0 Å². The number of fused-ring (bicyclic) bond motifs is 1. The smallest absolute Gasteiger partial charge is 0.101 e. The van der Waals surface area contributed by atoms with Gasteiger partial charge in [-0.1, -0.05) is 35.9 Å². The van der Waals surface area contributed by atoms with Crippen molar-refractivity contribution in [1.29, 1.82) is 0 Å². The maximum absolute atomic E-state index is 6.20. The molecule has 0 saturated carbocycles. The van der Waals surface area contributed by atoms with Crippen molar-refractivity contribution in [2.24, 2.45) is 10.7 Å². The molecule has 0 saturated heterocycles.